The lowest BCUT2D eigenvalue weighted by atomic mass is 10.1. The Morgan fingerprint density at radius 1 is 1.39 bits per heavy atom. The van der Waals surface area contributed by atoms with Gasteiger partial charge < -0.3 is 15.7 Å². The van der Waals surface area contributed by atoms with E-state index in [1.54, 1.807) is 0 Å². The van der Waals surface area contributed by atoms with Gasteiger partial charge in [-0.25, -0.2) is 4.39 Å². The fourth-order valence-electron chi connectivity index (χ4n) is 2.49. The fourth-order valence-corrected chi connectivity index (χ4v) is 2.49. The molecule has 2 heterocycles. The van der Waals surface area contributed by atoms with E-state index in [1.807, 2.05) is 0 Å². The first-order valence-corrected chi connectivity index (χ1v) is 7.13. The van der Waals surface area contributed by atoms with E-state index in [9.17, 15) is 14.3 Å². The Hall–Kier alpha value is -1.96. The summed E-state index contributed by atoms with van der Waals surface area (Å²) < 4.78 is 12.8. The summed E-state index contributed by atoms with van der Waals surface area (Å²) in [6, 6.07) is 5.53. The predicted octanol–water partition coefficient (Wildman–Crippen LogP) is 1.08. The van der Waals surface area contributed by atoms with Crippen LogP contribution in [0.1, 0.15) is 33.4 Å². The first-order chi connectivity index (χ1) is 10.6. The zero-order chi connectivity index (χ0) is 15.5. The van der Waals surface area contributed by atoms with Crippen LogP contribution in [-0.4, -0.2) is 34.3 Å². The molecule has 1 aromatic carbocycles. The van der Waals surface area contributed by atoms with Crippen LogP contribution < -0.4 is 10.6 Å². The molecule has 1 aliphatic rings. The molecule has 0 saturated carbocycles. The summed E-state index contributed by atoms with van der Waals surface area (Å²) in [6.45, 7) is 1.51. The predicted molar refractivity (Wildman–Crippen MR) is 84.9 cm³/mol. The monoisotopic (exact) mass is 340 g/mol. The van der Waals surface area contributed by atoms with E-state index in [4.69, 9.17) is 0 Å². The van der Waals surface area contributed by atoms with Crippen LogP contribution in [0, 0.1) is 5.82 Å². The zero-order valence-corrected chi connectivity index (χ0v) is 13.1. The lowest BCUT2D eigenvalue weighted by Crippen LogP contribution is -2.31. The van der Waals surface area contributed by atoms with E-state index >= 15 is 0 Å². The molecule has 0 fully saturated rings. The summed E-state index contributed by atoms with van der Waals surface area (Å²) in [5, 5.41) is 22.8. The van der Waals surface area contributed by atoms with Gasteiger partial charge in [0, 0.05) is 37.3 Å². The number of aliphatic hydroxyl groups is 1. The van der Waals surface area contributed by atoms with Crippen molar-refractivity contribution in [3.63, 3.8) is 0 Å². The van der Waals surface area contributed by atoms with Gasteiger partial charge >= 0.3 is 0 Å². The van der Waals surface area contributed by atoms with Gasteiger partial charge in [-0.2, -0.15) is 5.10 Å². The van der Waals surface area contributed by atoms with E-state index in [0.29, 0.717) is 17.8 Å². The summed E-state index contributed by atoms with van der Waals surface area (Å²) in [5.41, 5.74) is 2.75. The third-order valence-corrected chi connectivity index (χ3v) is 3.73. The van der Waals surface area contributed by atoms with Gasteiger partial charge in [-0.05, 0) is 17.7 Å². The SMILES string of the molecule is Cl.O=C(NCC(O)c1ccc(F)cc1)c1n[nH]c2c1CNCC2. The number of hydrogen-bond donors (Lipinski definition) is 4. The quantitative estimate of drug-likeness (QED) is 0.670. The molecule has 0 saturated heterocycles. The molecule has 124 valence electrons. The molecule has 1 unspecified atom stereocenters. The number of hydrogen-bond acceptors (Lipinski definition) is 4. The molecule has 23 heavy (non-hydrogen) atoms. The van der Waals surface area contributed by atoms with Crippen LogP contribution in [-0.2, 0) is 13.0 Å². The summed E-state index contributed by atoms with van der Waals surface area (Å²) in [4.78, 5) is 12.2. The molecular weight excluding hydrogens is 323 g/mol. The minimum atomic E-state index is -0.891. The number of nitrogens with one attached hydrogen (secondary N) is 3. The zero-order valence-electron chi connectivity index (χ0n) is 12.3. The number of amides is 1. The van der Waals surface area contributed by atoms with Gasteiger partial charge in [-0.3, -0.25) is 9.89 Å². The minimum absolute atomic E-state index is 0. The van der Waals surface area contributed by atoms with Crippen LogP contribution in [0.4, 0.5) is 4.39 Å². The Kier molecular flexibility index (Phi) is 5.70. The van der Waals surface area contributed by atoms with Gasteiger partial charge in [-0.15, -0.1) is 12.4 Å². The van der Waals surface area contributed by atoms with E-state index in [0.717, 1.165) is 24.2 Å². The van der Waals surface area contributed by atoms with Gasteiger partial charge in [0.25, 0.3) is 5.91 Å². The number of aliphatic hydroxyl groups excluding tert-OH is 1. The van der Waals surface area contributed by atoms with Gasteiger partial charge in [0.05, 0.1) is 6.10 Å². The topological polar surface area (TPSA) is 90.0 Å². The van der Waals surface area contributed by atoms with Crippen LogP contribution in [0.15, 0.2) is 24.3 Å². The number of aromatic amines is 1. The van der Waals surface area contributed by atoms with Crippen molar-refractivity contribution in [2.75, 3.05) is 13.1 Å². The van der Waals surface area contributed by atoms with Gasteiger partial charge in [0.2, 0.25) is 0 Å². The molecule has 3 rings (SSSR count). The maximum atomic E-state index is 12.8. The first-order valence-electron chi connectivity index (χ1n) is 7.13. The molecule has 2 aromatic rings. The lowest BCUT2D eigenvalue weighted by Gasteiger charge is -2.14. The molecular formula is C15H18ClFN4O2. The number of aromatic nitrogens is 2. The molecule has 6 nitrogen and oxygen atoms in total. The van der Waals surface area contributed by atoms with Gasteiger partial charge in [0.15, 0.2) is 5.69 Å². The molecule has 0 radical (unpaired) electrons. The van der Waals surface area contributed by atoms with Crippen LogP contribution in [0.25, 0.3) is 0 Å². The highest BCUT2D eigenvalue weighted by atomic mass is 35.5. The normalized spacial score (nSPS) is 14.5. The Morgan fingerprint density at radius 2 is 2.13 bits per heavy atom. The highest BCUT2D eigenvalue weighted by Crippen LogP contribution is 2.16. The summed E-state index contributed by atoms with van der Waals surface area (Å²) >= 11 is 0. The van der Waals surface area contributed by atoms with E-state index in [-0.39, 0.29) is 30.7 Å². The van der Waals surface area contributed by atoms with Crippen molar-refractivity contribution in [1.82, 2.24) is 20.8 Å². The van der Waals surface area contributed by atoms with Crippen molar-refractivity contribution < 1.29 is 14.3 Å². The number of carbonyl (C=O) groups excluding carboxylic acids is 1. The summed E-state index contributed by atoms with van der Waals surface area (Å²) in [6.07, 6.45) is -0.0779. The largest absolute Gasteiger partial charge is 0.387 e. The number of fused-ring (bicyclic) bond motifs is 1. The van der Waals surface area contributed by atoms with Crippen LogP contribution >= 0.6 is 12.4 Å². The second-order valence-corrected chi connectivity index (χ2v) is 5.23. The fraction of sp³-hybridized carbons (Fsp3) is 0.333. The van der Waals surface area contributed by atoms with Crippen molar-refractivity contribution in [2.45, 2.75) is 19.1 Å². The van der Waals surface area contributed by atoms with Crippen molar-refractivity contribution in [3.05, 3.63) is 52.6 Å². The summed E-state index contributed by atoms with van der Waals surface area (Å²) in [5.74, 6) is -0.696. The molecule has 0 aliphatic carbocycles. The van der Waals surface area contributed by atoms with Crippen LogP contribution in [0.3, 0.4) is 0 Å². The number of carbonyl (C=O) groups is 1. The van der Waals surface area contributed by atoms with Crippen molar-refractivity contribution in [2.24, 2.45) is 0 Å². The Labute approximate surface area is 138 Å². The Balaban J connectivity index is 0.00000192. The number of H-pyrrole nitrogens is 1. The Morgan fingerprint density at radius 3 is 2.87 bits per heavy atom. The molecule has 1 amide bonds. The average Bonchev–Trinajstić information content (AvgIpc) is 2.97. The minimum Gasteiger partial charge on any atom is -0.387 e. The third-order valence-electron chi connectivity index (χ3n) is 3.73. The third kappa shape index (κ3) is 3.87. The molecule has 0 spiro atoms. The maximum absolute atomic E-state index is 12.8. The molecule has 1 atom stereocenters. The van der Waals surface area contributed by atoms with Gasteiger partial charge in [0.1, 0.15) is 5.82 Å². The first kappa shape index (κ1) is 17.4. The molecule has 1 aliphatic heterocycles. The average molecular weight is 341 g/mol. The van der Waals surface area contributed by atoms with Crippen molar-refractivity contribution in [1.29, 1.82) is 0 Å². The number of rotatable bonds is 4. The Bertz CT molecular complexity index is 675. The molecule has 4 N–H and O–H groups in total. The standard InChI is InChI=1S/C15H17FN4O2.ClH/c16-10-3-1-9(2-4-10)13(21)8-18-15(22)14-11-7-17-6-5-12(11)19-20-14;/h1-4,13,17,21H,5-8H2,(H,18,22)(H,19,20);1H. The van der Waals surface area contributed by atoms with Crippen LogP contribution in [0.2, 0.25) is 0 Å². The second kappa shape index (κ2) is 7.54. The van der Waals surface area contributed by atoms with Crippen LogP contribution in [0.5, 0.6) is 0 Å². The summed E-state index contributed by atoms with van der Waals surface area (Å²) in [7, 11) is 0. The van der Waals surface area contributed by atoms with Crippen molar-refractivity contribution >= 4 is 18.3 Å². The number of halogens is 2. The highest BCUT2D eigenvalue weighted by molar-refractivity contribution is 5.94. The van der Waals surface area contributed by atoms with E-state index in [2.05, 4.69) is 20.8 Å². The smallest absolute Gasteiger partial charge is 0.272 e. The number of benzene rings is 1. The van der Waals surface area contributed by atoms with Gasteiger partial charge in [-0.1, -0.05) is 12.1 Å². The second-order valence-electron chi connectivity index (χ2n) is 5.23. The maximum Gasteiger partial charge on any atom is 0.272 e. The molecule has 1 aromatic heterocycles. The number of nitrogens with zero attached hydrogens (tertiary/aromatic N) is 1. The van der Waals surface area contributed by atoms with E-state index in [1.165, 1.54) is 24.3 Å². The van der Waals surface area contributed by atoms with Crippen molar-refractivity contribution in [3.8, 4) is 0 Å². The molecule has 0 bridgehead atoms. The molecule has 8 heteroatoms. The lowest BCUT2D eigenvalue weighted by molar-refractivity contribution is 0.0910. The highest BCUT2D eigenvalue weighted by Gasteiger charge is 2.21. The van der Waals surface area contributed by atoms with E-state index < -0.39 is 6.10 Å².